The number of nitrogens with one attached hydrogen (secondary N) is 1. The summed E-state index contributed by atoms with van der Waals surface area (Å²) in [5, 5.41) is 7.51. The van der Waals surface area contributed by atoms with Crippen molar-refractivity contribution in [2.75, 3.05) is 19.6 Å². The first kappa shape index (κ1) is 19.1. The molecule has 1 amide bonds. The molecule has 0 unspecified atom stereocenters. The van der Waals surface area contributed by atoms with Crippen LogP contribution in [0.5, 0.6) is 0 Å². The highest BCUT2D eigenvalue weighted by Gasteiger charge is 2.32. The fourth-order valence-electron chi connectivity index (χ4n) is 2.98. The second-order valence-corrected chi connectivity index (χ2v) is 8.52. The number of amidine groups is 1. The minimum Gasteiger partial charge on any atom is -0.384 e. The molecule has 0 saturated carbocycles. The van der Waals surface area contributed by atoms with Gasteiger partial charge in [-0.1, -0.05) is 35.9 Å². The van der Waals surface area contributed by atoms with Gasteiger partial charge in [-0.25, -0.2) is 8.42 Å². The number of carbonyl (C=O) groups is 1. The van der Waals surface area contributed by atoms with Crippen molar-refractivity contribution in [1.29, 1.82) is 5.41 Å². The standard InChI is InChI=1S/C19H22N4O3S/c1-14-5-7-17(8-6-14)27(25,26)23-10-9-22(18(24)13-23)12-15-3-2-4-16(11-15)19(20)21/h2-8,11H,9-10,12-13H2,1H3,(H3,20,21). The summed E-state index contributed by atoms with van der Waals surface area (Å²) >= 11 is 0. The molecule has 0 atom stereocenters. The van der Waals surface area contributed by atoms with Crippen LogP contribution in [0.1, 0.15) is 16.7 Å². The van der Waals surface area contributed by atoms with E-state index in [4.69, 9.17) is 11.1 Å². The number of hydrogen-bond donors (Lipinski definition) is 2. The number of carbonyl (C=O) groups excluding carboxylic acids is 1. The van der Waals surface area contributed by atoms with Crippen molar-refractivity contribution in [2.45, 2.75) is 18.4 Å². The van der Waals surface area contributed by atoms with E-state index in [0.29, 0.717) is 18.7 Å². The zero-order chi connectivity index (χ0) is 19.6. The topological polar surface area (TPSA) is 108 Å². The van der Waals surface area contributed by atoms with Gasteiger partial charge in [0.15, 0.2) is 0 Å². The van der Waals surface area contributed by atoms with Crippen LogP contribution in [0.3, 0.4) is 0 Å². The molecule has 3 rings (SSSR count). The molecule has 1 saturated heterocycles. The molecule has 7 nitrogen and oxygen atoms in total. The van der Waals surface area contributed by atoms with Crippen molar-refractivity contribution >= 4 is 21.8 Å². The van der Waals surface area contributed by atoms with Crippen molar-refractivity contribution in [2.24, 2.45) is 5.73 Å². The number of nitrogens with zero attached hydrogens (tertiary/aromatic N) is 2. The Balaban J connectivity index is 1.70. The molecule has 3 N–H and O–H groups in total. The lowest BCUT2D eigenvalue weighted by Crippen LogP contribution is -2.51. The SMILES string of the molecule is Cc1ccc(S(=O)(=O)N2CCN(Cc3cccc(C(=N)N)c3)C(=O)C2)cc1. The predicted octanol–water partition coefficient (Wildman–Crippen LogP) is 1.31. The van der Waals surface area contributed by atoms with E-state index >= 15 is 0 Å². The highest BCUT2D eigenvalue weighted by molar-refractivity contribution is 7.89. The van der Waals surface area contributed by atoms with E-state index in [-0.39, 0.29) is 29.7 Å². The van der Waals surface area contributed by atoms with Crippen LogP contribution in [0.4, 0.5) is 0 Å². The van der Waals surface area contributed by atoms with E-state index in [2.05, 4.69) is 0 Å². The number of aryl methyl sites for hydroxylation is 1. The third kappa shape index (κ3) is 4.17. The Morgan fingerprint density at radius 3 is 2.48 bits per heavy atom. The minimum absolute atomic E-state index is 0.0304. The van der Waals surface area contributed by atoms with Crippen LogP contribution >= 0.6 is 0 Å². The average molecular weight is 386 g/mol. The molecule has 0 radical (unpaired) electrons. The van der Waals surface area contributed by atoms with Gasteiger partial charge in [0.2, 0.25) is 15.9 Å². The largest absolute Gasteiger partial charge is 0.384 e. The summed E-state index contributed by atoms with van der Waals surface area (Å²) in [7, 11) is -3.68. The maximum Gasteiger partial charge on any atom is 0.243 e. The molecule has 8 heteroatoms. The maximum absolute atomic E-state index is 12.7. The Labute approximate surface area is 159 Å². The molecular weight excluding hydrogens is 364 g/mol. The highest BCUT2D eigenvalue weighted by atomic mass is 32.2. The number of hydrogen-bond acceptors (Lipinski definition) is 4. The Kier molecular flexibility index (Phi) is 5.29. The van der Waals surface area contributed by atoms with Gasteiger partial charge in [0.05, 0.1) is 11.4 Å². The van der Waals surface area contributed by atoms with Crippen LogP contribution in [-0.2, 0) is 21.4 Å². The van der Waals surface area contributed by atoms with Crippen LogP contribution in [-0.4, -0.2) is 49.0 Å². The van der Waals surface area contributed by atoms with Gasteiger partial charge in [-0.15, -0.1) is 0 Å². The Morgan fingerprint density at radius 1 is 1.15 bits per heavy atom. The lowest BCUT2D eigenvalue weighted by Gasteiger charge is -2.33. The Bertz CT molecular complexity index is 971. The van der Waals surface area contributed by atoms with E-state index in [1.165, 1.54) is 4.31 Å². The molecule has 0 aliphatic carbocycles. The average Bonchev–Trinajstić information content (AvgIpc) is 2.64. The molecule has 1 heterocycles. The summed E-state index contributed by atoms with van der Waals surface area (Å²) in [5.74, 6) is -0.276. The first-order chi connectivity index (χ1) is 12.8. The molecular formula is C19H22N4O3S. The number of benzene rings is 2. The van der Waals surface area contributed by atoms with E-state index in [1.807, 2.05) is 13.0 Å². The van der Waals surface area contributed by atoms with Gasteiger partial charge in [-0.3, -0.25) is 10.2 Å². The summed E-state index contributed by atoms with van der Waals surface area (Å²) < 4.78 is 26.7. The zero-order valence-corrected chi connectivity index (χ0v) is 15.9. The molecule has 0 bridgehead atoms. The van der Waals surface area contributed by atoms with E-state index in [9.17, 15) is 13.2 Å². The smallest absolute Gasteiger partial charge is 0.243 e. The second-order valence-electron chi connectivity index (χ2n) is 6.58. The number of sulfonamides is 1. The quantitative estimate of drug-likeness (QED) is 0.597. The van der Waals surface area contributed by atoms with Crippen molar-refractivity contribution in [1.82, 2.24) is 9.21 Å². The van der Waals surface area contributed by atoms with E-state index in [1.54, 1.807) is 47.4 Å². The number of rotatable bonds is 5. The Morgan fingerprint density at radius 2 is 1.85 bits per heavy atom. The number of nitrogens with two attached hydrogens (primary N) is 1. The summed E-state index contributed by atoms with van der Waals surface area (Å²) in [5.41, 5.74) is 7.93. The molecule has 27 heavy (non-hydrogen) atoms. The summed E-state index contributed by atoms with van der Waals surface area (Å²) in [4.78, 5) is 14.3. The normalized spacial score (nSPS) is 15.7. The van der Waals surface area contributed by atoms with Crippen LogP contribution in [0, 0.1) is 12.3 Å². The zero-order valence-electron chi connectivity index (χ0n) is 15.1. The first-order valence-electron chi connectivity index (χ1n) is 8.55. The van der Waals surface area contributed by atoms with Gasteiger partial charge in [-0.05, 0) is 30.7 Å². The Hall–Kier alpha value is -2.71. The van der Waals surface area contributed by atoms with Crippen LogP contribution < -0.4 is 5.73 Å². The van der Waals surface area contributed by atoms with Gasteiger partial charge in [-0.2, -0.15) is 4.31 Å². The van der Waals surface area contributed by atoms with Gasteiger partial charge >= 0.3 is 0 Å². The predicted molar refractivity (Wildman–Crippen MR) is 103 cm³/mol. The van der Waals surface area contributed by atoms with Crippen molar-refractivity contribution in [3.63, 3.8) is 0 Å². The molecule has 2 aromatic carbocycles. The molecule has 0 aromatic heterocycles. The van der Waals surface area contributed by atoms with Gasteiger partial charge in [0.25, 0.3) is 0 Å². The van der Waals surface area contributed by atoms with Gasteiger partial charge < -0.3 is 10.6 Å². The third-order valence-electron chi connectivity index (χ3n) is 4.55. The lowest BCUT2D eigenvalue weighted by molar-refractivity contribution is -0.134. The third-order valence-corrected chi connectivity index (χ3v) is 6.41. The van der Waals surface area contributed by atoms with Crippen LogP contribution in [0.15, 0.2) is 53.4 Å². The van der Waals surface area contributed by atoms with Crippen molar-refractivity contribution < 1.29 is 13.2 Å². The van der Waals surface area contributed by atoms with Crippen LogP contribution in [0.2, 0.25) is 0 Å². The first-order valence-corrected chi connectivity index (χ1v) is 9.99. The van der Waals surface area contributed by atoms with Crippen LogP contribution in [0.25, 0.3) is 0 Å². The molecule has 0 spiro atoms. The molecule has 2 aromatic rings. The van der Waals surface area contributed by atoms with Crippen molar-refractivity contribution in [3.05, 3.63) is 65.2 Å². The minimum atomic E-state index is -3.68. The fraction of sp³-hybridized carbons (Fsp3) is 0.263. The fourth-order valence-corrected chi connectivity index (χ4v) is 4.36. The number of piperazine rings is 1. The molecule has 1 fully saturated rings. The van der Waals surface area contributed by atoms with E-state index in [0.717, 1.165) is 11.1 Å². The van der Waals surface area contributed by atoms with Gasteiger partial charge in [0.1, 0.15) is 5.84 Å². The number of nitrogen functional groups attached to an aromatic ring is 1. The van der Waals surface area contributed by atoms with Crippen molar-refractivity contribution in [3.8, 4) is 0 Å². The number of amides is 1. The molecule has 1 aliphatic rings. The highest BCUT2D eigenvalue weighted by Crippen LogP contribution is 2.19. The van der Waals surface area contributed by atoms with Gasteiger partial charge in [0, 0.05) is 25.2 Å². The maximum atomic E-state index is 12.7. The summed E-state index contributed by atoms with van der Waals surface area (Å²) in [6, 6.07) is 13.8. The molecule has 142 valence electrons. The van der Waals surface area contributed by atoms with E-state index < -0.39 is 10.0 Å². The second kappa shape index (κ2) is 7.50. The summed E-state index contributed by atoms with van der Waals surface area (Å²) in [6.45, 7) is 2.63. The monoisotopic (exact) mass is 386 g/mol. The molecule has 1 aliphatic heterocycles. The lowest BCUT2D eigenvalue weighted by atomic mass is 10.1. The summed E-state index contributed by atoms with van der Waals surface area (Å²) in [6.07, 6.45) is 0.